The maximum Gasteiger partial charge on any atom is 0.248 e. The predicted molar refractivity (Wildman–Crippen MR) is 128 cm³/mol. The Hall–Kier alpha value is -2.43. The van der Waals surface area contributed by atoms with E-state index in [1.165, 1.54) is 12.0 Å². The molecular formula is C25H25Cl2NO3. The van der Waals surface area contributed by atoms with Gasteiger partial charge in [0.25, 0.3) is 0 Å². The summed E-state index contributed by atoms with van der Waals surface area (Å²) in [6.07, 6.45) is 5.90. The molecule has 1 aromatic heterocycles. The Bertz CT molecular complexity index is 1170. The van der Waals surface area contributed by atoms with Gasteiger partial charge in [0.2, 0.25) is 5.91 Å². The highest BCUT2D eigenvalue weighted by molar-refractivity contribution is 6.35. The summed E-state index contributed by atoms with van der Waals surface area (Å²) in [5.41, 5.74) is 5.42. The Labute approximate surface area is 192 Å². The maximum absolute atomic E-state index is 12.7. The number of allylic oxidation sites excluding steroid dienone is 1. The summed E-state index contributed by atoms with van der Waals surface area (Å²) in [6, 6.07) is 7.05. The summed E-state index contributed by atoms with van der Waals surface area (Å²) in [6.45, 7) is 6.42. The van der Waals surface area contributed by atoms with Crippen LogP contribution in [0.1, 0.15) is 49.1 Å². The third-order valence-electron chi connectivity index (χ3n) is 5.62. The van der Waals surface area contributed by atoms with Crippen LogP contribution in [-0.4, -0.2) is 12.5 Å². The largest absolute Gasteiger partial charge is 0.493 e. The van der Waals surface area contributed by atoms with Crippen LogP contribution in [0.3, 0.4) is 0 Å². The van der Waals surface area contributed by atoms with Crippen LogP contribution in [0.2, 0.25) is 10.0 Å². The van der Waals surface area contributed by atoms with Gasteiger partial charge in [-0.15, -0.1) is 0 Å². The third kappa shape index (κ3) is 4.46. The van der Waals surface area contributed by atoms with Crippen molar-refractivity contribution in [3.8, 4) is 5.75 Å². The number of benzene rings is 2. The minimum Gasteiger partial charge on any atom is -0.493 e. The number of carbonyl (C=O) groups excluding carboxylic acids is 1. The highest BCUT2D eigenvalue weighted by Crippen LogP contribution is 2.41. The van der Waals surface area contributed by atoms with E-state index in [9.17, 15) is 4.79 Å². The van der Waals surface area contributed by atoms with Crippen molar-refractivity contribution in [2.45, 2.75) is 46.5 Å². The number of halogens is 2. The van der Waals surface area contributed by atoms with Gasteiger partial charge in [0, 0.05) is 50.3 Å². The summed E-state index contributed by atoms with van der Waals surface area (Å²) >= 11 is 12.1. The molecule has 162 valence electrons. The minimum atomic E-state index is -0.259. The summed E-state index contributed by atoms with van der Waals surface area (Å²) in [7, 11) is 0. The Kier molecular flexibility index (Phi) is 6.31. The Morgan fingerprint density at radius 1 is 1.16 bits per heavy atom. The molecule has 4 rings (SSSR count). The van der Waals surface area contributed by atoms with E-state index in [1.807, 2.05) is 20.8 Å². The standard InChI is InChI=1S/C25H25Cl2NO3/c1-4-30-24-15(3)25-21(19-7-5-6-8-22(19)31-25)13-20(24)14(2)9-23(29)28-18-11-16(26)10-17(27)12-18/h9-13H,4-8H2,1-3H3,(H,28,29)/b14-9+. The lowest BCUT2D eigenvalue weighted by atomic mass is 9.93. The predicted octanol–water partition coefficient (Wildman–Crippen LogP) is 7.37. The molecule has 1 aliphatic carbocycles. The molecule has 4 nitrogen and oxygen atoms in total. The summed E-state index contributed by atoms with van der Waals surface area (Å²) in [5.74, 6) is 1.58. The minimum absolute atomic E-state index is 0.259. The number of ether oxygens (including phenoxy) is 1. The van der Waals surface area contributed by atoms with E-state index in [4.69, 9.17) is 32.4 Å². The van der Waals surface area contributed by atoms with Crippen LogP contribution in [0, 0.1) is 6.92 Å². The van der Waals surface area contributed by atoms with Crippen molar-refractivity contribution in [3.05, 3.63) is 62.8 Å². The number of furan rings is 1. The quantitative estimate of drug-likeness (QED) is 0.406. The van der Waals surface area contributed by atoms with Crippen molar-refractivity contribution in [2.75, 3.05) is 11.9 Å². The first-order valence-corrected chi connectivity index (χ1v) is 11.3. The van der Waals surface area contributed by atoms with Crippen molar-refractivity contribution < 1.29 is 13.9 Å². The van der Waals surface area contributed by atoms with Gasteiger partial charge in [0.15, 0.2) is 0 Å². The Morgan fingerprint density at radius 2 is 1.87 bits per heavy atom. The summed E-state index contributed by atoms with van der Waals surface area (Å²) in [5, 5.41) is 4.89. The van der Waals surface area contributed by atoms with Crippen molar-refractivity contribution >= 4 is 51.3 Å². The number of amides is 1. The van der Waals surface area contributed by atoms with E-state index in [0.29, 0.717) is 22.3 Å². The average Bonchev–Trinajstić information content (AvgIpc) is 3.08. The maximum atomic E-state index is 12.7. The van der Waals surface area contributed by atoms with E-state index in [1.54, 1.807) is 24.3 Å². The molecule has 0 saturated heterocycles. The molecule has 0 spiro atoms. The number of aryl methyl sites for hydroxylation is 3. The van der Waals surface area contributed by atoms with Gasteiger partial charge in [-0.1, -0.05) is 23.2 Å². The second kappa shape index (κ2) is 8.97. The molecule has 0 radical (unpaired) electrons. The molecule has 1 aliphatic rings. The lowest BCUT2D eigenvalue weighted by Gasteiger charge is -2.15. The molecule has 0 unspecified atom stereocenters. The van der Waals surface area contributed by atoms with Crippen molar-refractivity contribution in [1.29, 1.82) is 0 Å². The van der Waals surface area contributed by atoms with Gasteiger partial charge in [0.05, 0.1) is 6.61 Å². The molecule has 2 aromatic carbocycles. The third-order valence-corrected chi connectivity index (χ3v) is 6.05. The molecule has 1 N–H and O–H groups in total. The zero-order valence-electron chi connectivity index (χ0n) is 17.9. The first-order valence-electron chi connectivity index (χ1n) is 10.5. The number of nitrogens with one attached hydrogen (secondary N) is 1. The van der Waals surface area contributed by atoms with Gasteiger partial charge >= 0.3 is 0 Å². The van der Waals surface area contributed by atoms with E-state index in [2.05, 4.69) is 11.4 Å². The van der Waals surface area contributed by atoms with E-state index < -0.39 is 0 Å². The molecular weight excluding hydrogens is 433 g/mol. The van der Waals surface area contributed by atoms with Gasteiger partial charge < -0.3 is 14.5 Å². The summed E-state index contributed by atoms with van der Waals surface area (Å²) < 4.78 is 12.2. The smallest absolute Gasteiger partial charge is 0.248 e. The van der Waals surface area contributed by atoms with Crippen molar-refractivity contribution in [2.24, 2.45) is 0 Å². The Balaban J connectivity index is 1.74. The Morgan fingerprint density at radius 3 is 2.58 bits per heavy atom. The lowest BCUT2D eigenvalue weighted by Crippen LogP contribution is -2.09. The van der Waals surface area contributed by atoms with Crippen LogP contribution < -0.4 is 10.1 Å². The SMILES string of the molecule is CCOc1c(/C(C)=C/C(=O)Nc2cc(Cl)cc(Cl)c2)cc2c3c(oc2c1C)CCCC3. The number of rotatable bonds is 5. The van der Waals surface area contributed by atoms with E-state index >= 15 is 0 Å². The molecule has 0 fully saturated rings. The van der Waals surface area contributed by atoms with Crippen LogP contribution in [0.15, 0.2) is 34.8 Å². The molecule has 6 heteroatoms. The molecule has 0 atom stereocenters. The van der Waals surface area contributed by atoms with Crippen molar-refractivity contribution in [1.82, 2.24) is 0 Å². The number of anilines is 1. The van der Waals surface area contributed by atoms with Crippen LogP contribution >= 0.6 is 23.2 Å². The fraction of sp³-hybridized carbons (Fsp3) is 0.320. The van der Waals surface area contributed by atoms with Crippen molar-refractivity contribution in [3.63, 3.8) is 0 Å². The topological polar surface area (TPSA) is 51.5 Å². The highest BCUT2D eigenvalue weighted by Gasteiger charge is 2.23. The van der Waals surface area contributed by atoms with Crippen LogP contribution in [0.25, 0.3) is 16.5 Å². The molecule has 0 bridgehead atoms. The number of carbonyl (C=O) groups is 1. The number of hydrogen-bond acceptors (Lipinski definition) is 3. The first-order chi connectivity index (χ1) is 14.9. The number of hydrogen-bond donors (Lipinski definition) is 1. The van der Waals surface area contributed by atoms with Gasteiger partial charge in [-0.2, -0.15) is 0 Å². The van der Waals surface area contributed by atoms with Gasteiger partial charge in [-0.25, -0.2) is 0 Å². The second-order valence-corrected chi connectivity index (χ2v) is 8.75. The average molecular weight is 458 g/mol. The lowest BCUT2D eigenvalue weighted by molar-refractivity contribution is -0.111. The van der Waals surface area contributed by atoms with Crippen LogP contribution in [0.5, 0.6) is 5.75 Å². The molecule has 1 heterocycles. The zero-order chi connectivity index (χ0) is 22.1. The van der Waals surface area contributed by atoms with E-state index in [-0.39, 0.29) is 5.91 Å². The molecule has 0 aliphatic heterocycles. The van der Waals surface area contributed by atoms with Gasteiger partial charge in [0.1, 0.15) is 17.1 Å². The fourth-order valence-corrected chi connectivity index (χ4v) is 4.76. The highest BCUT2D eigenvalue weighted by atomic mass is 35.5. The second-order valence-electron chi connectivity index (χ2n) is 7.87. The number of fused-ring (bicyclic) bond motifs is 3. The monoisotopic (exact) mass is 457 g/mol. The molecule has 0 saturated carbocycles. The van der Waals surface area contributed by atoms with Gasteiger partial charge in [-0.3, -0.25) is 4.79 Å². The van der Waals surface area contributed by atoms with E-state index in [0.717, 1.165) is 58.4 Å². The first kappa shape index (κ1) is 21.8. The molecule has 1 amide bonds. The molecule has 3 aromatic rings. The van der Waals surface area contributed by atoms with Gasteiger partial charge in [-0.05, 0) is 69.9 Å². The molecule has 31 heavy (non-hydrogen) atoms. The normalized spacial score (nSPS) is 13.9. The fourth-order valence-electron chi connectivity index (χ4n) is 4.24. The van der Waals surface area contributed by atoms with Crippen LogP contribution in [0.4, 0.5) is 5.69 Å². The summed E-state index contributed by atoms with van der Waals surface area (Å²) in [4.78, 5) is 12.7. The van der Waals surface area contributed by atoms with Crippen LogP contribution in [-0.2, 0) is 17.6 Å². The zero-order valence-corrected chi connectivity index (χ0v) is 19.4.